The van der Waals surface area contributed by atoms with Crippen LogP contribution in [0.3, 0.4) is 0 Å². The number of likely N-dealkylation sites (N-methyl/N-ethyl adjacent to an activating group) is 1. The highest BCUT2D eigenvalue weighted by Gasteiger charge is 2.31. The molecule has 0 bridgehead atoms. The van der Waals surface area contributed by atoms with E-state index >= 15 is 0 Å². The standard InChI is InChI=1S/C16H28N4O/c1-5-9-17-10-15-12(3)18-20(13(15)4)11-16(21)19(6-2)14-7-8-14/h14,17H,5-11H2,1-4H3. The minimum atomic E-state index is 0.193. The van der Waals surface area contributed by atoms with Crippen molar-refractivity contribution in [2.45, 2.75) is 66.1 Å². The van der Waals surface area contributed by atoms with E-state index in [0.29, 0.717) is 12.6 Å². The summed E-state index contributed by atoms with van der Waals surface area (Å²) in [5.41, 5.74) is 3.36. The highest BCUT2D eigenvalue weighted by molar-refractivity contribution is 5.76. The summed E-state index contributed by atoms with van der Waals surface area (Å²) in [5, 5.41) is 7.97. The van der Waals surface area contributed by atoms with E-state index in [-0.39, 0.29) is 5.91 Å². The summed E-state index contributed by atoms with van der Waals surface area (Å²) in [5.74, 6) is 0.193. The summed E-state index contributed by atoms with van der Waals surface area (Å²) >= 11 is 0. The predicted molar refractivity (Wildman–Crippen MR) is 84.1 cm³/mol. The van der Waals surface area contributed by atoms with Crippen molar-refractivity contribution in [2.24, 2.45) is 0 Å². The Morgan fingerprint density at radius 2 is 2.10 bits per heavy atom. The van der Waals surface area contributed by atoms with Gasteiger partial charge >= 0.3 is 0 Å². The largest absolute Gasteiger partial charge is 0.338 e. The molecular weight excluding hydrogens is 264 g/mol. The van der Waals surface area contributed by atoms with Crippen molar-refractivity contribution < 1.29 is 4.79 Å². The van der Waals surface area contributed by atoms with Crippen LogP contribution < -0.4 is 5.32 Å². The molecule has 21 heavy (non-hydrogen) atoms. The molecule has 1 fully saturated rings. The van der Waals surface area contributed by atoms with Gasteiger partial charge in [-0.25, -0.2) is 0 Å². The number of carbonyl (C=O) groups excluding carboxylic acids is 1. The van der Waals surface area contributed by atoms with Crippen molar-refractivity contribution in [1.82, 2.24) is 20.0 Å². The molecule has 0 aliphatic heterocycles. The van der Waals surface area contributed by atoms with Crippen molar-refractivity contribution in [3.63, 3.8) is 0 Å². The zero-order valence-corrected chi connectivity index (χ0v) is 13.8. The average molecular weight is 292 g/mol. The molecule has 1 aromatic heterocycles. The van der Waals surface area contributed by atoms with Crippen LogP contribution in [0.1, 0.15) is 50.1 Å². The highest BCUT2D eigenvalue weighted by atomic mass is 16.2. The van der Waals surface area contributed by atoms with Crippen LogP contribution in [0.15, 0.2) is 0 Å². The summed E-state index contributed by atoms with van der Waals surface area (Å²) in [6, 6.07) is 0.477. The topological polar surface area (TPSA) is 50.2 Å². The van der Waals surface area contributed by atoms with Gasteiger partial charge in [0.1, 0.15) is 6.54 Å². The first-order chi connectivity index (χ1) is 10.1. The number of amides is 1. The molecule has 2 rings (SSSR count). The molecule has 5 nitrogen and oxygen atoms in total. The monoisotopic (exact) mass is 292 g/mol. The maximum absolute atomic E-state index is 12.4. The van der Waals surface area contributed by atoms with Crippen molar-refractivity contribution in [1.29, 1.82) is 0 Å². The molecule has 0 aromatic carbocycles. The zero-order chi connectivity index (χ0) is 15.4. The van der Waals surface area contributed by atoms with Crippen LogP contribution in [0.2, 0.25) is 0 Å². The maximum atomic E-state index is 12.4. The van der Waals surface area contributed by atoms with Crippen molar-refractivity contribution in [3.8, 4) is 0 Å². The Labute approximate surface area is 127 Å². The first kappa shape index (κ1) is 16.0. The van der Waals surface area contributed by atoms with Gasteiger partial charge in [0.15, 0.2) is 0 Å². The summed E-state index contributed by atoms with van der Waals surface area (Å²) in [4.78, 5) is 14.4. The first-order valence-electron chi connectivity index (χ1n) is 8.11. The van der Waals surface area contributed by atoms with Gasteiger partial charge in [0.05, 0.1) is 5.69 Å². The molecule has 118 valence electrons. The molecule has 1 amide bonds. The van der Waals surface area contributed by atoms with E-state index in [0.717, 1.165) is 50.3 Å². The van der Waals surface area contributed by atoms with Crippen LogP contribution in [0, 0.1) is 13.8 Å². The van der Waals surface area contributed by atoms with Gasteiger partial charge in [0.2, 0.25) is 5.91 Å². The number of nitrogens with zero attached hydrogens (tertiary/aromatic N) is 3. The van der Waals surface area contributed by atoms with Crippen molar-refractivity contribution >= 4 is 5.91 Å². The summed E-state index contributed by atoms with van der Waals surface area (Å²) in [6.45, 7) is 11.3. The summed E-state index contributed by atoms with van der Waals surface area (Å²) in [7, 11) is 0. The zero-order valence-electron chi connectivity index (χ0n) is 13.8. The number of aromatic nitrogens is 2. The molecule has 1 aromatic rings. The fourth-order valence-corrected chi connectivity index (χ4v) is 2.78. The first-order valence-corrected chi connectivity index (χ1v) is 8.11. The quantitative estimate of drug-likeness (QED) is 0.746. The number of nitrogens with one attached hydrogen (secondary N) is 1. The molecule has 5 heteroatoms. The van der Waals surface area contributed by atoms with Crippen LogP contribution in [0.4, 0.5) is 0 Å². The van der Waals surface area contributed by atoms with Gasteiger partial charge in [0, 0.05) is 30.4 Å². The molecule has 1 heterocycles. The number of hydrogen-bond acceptors (Lipinski definition) is 3. The van der Waals surface area contributed by atoms with Gasteiger partial charge in [-0.05, 0) is 46.6 Å². The molecule has 0 radical (unpaired) electrons. The van der Waals surface area contributed by atoms with Gasteiger partial charge in [-0.1, -0.05) is 6.92 Å². The van der Waals surface area contributed by atoms with Crippen LogP contribution in [-0.2, 0) is 17.9 Å². The average Bonchev–Trinajstić information content (AvgIpc) is 3.23. The van der Waals surface area contributed by atoms with E-state index in [2.05, 4.69) is 31.2 Å². The fourth-order valence-electron chi connectivity index (χ4n) is 2.78. The van der Waals surface area contributed by atoms with Gasteiger partial charge in [-0.15, -0.1) is 0 Å². The molecule has 1 aliphatic carbocycles. The lowest BCUT2D eigenvalue weighted by Gasteiger charge is -2.20. The van der Waals surface area contributed by atoms with Crippen LogP contribution in [0.25, 0.3) is 0 Å². The number of carbonyl (C=O) groups is 1. The lowest BCUT2D eigenvalue weighted by Crippen LogP contribution is -2.36. The smallest absolute Gasteiger partial charge is 0.244 e. The Hall–Kier alpha value is -1.36. The Balaban J connectivity index is 2.02. The third-order valence-corrected chi connectivity index (χ3v) is 4.19. The predicted octanol–water partition coefficient (Wildman–Crippen LogP) is 2.01. The van der Waals surface area contributed by atoms with Crippen LogP contribution in [-0.4, -0.2) is 39.7 Å². The maximum Gasteiger partial charge on any atom is 0.244 e. The Bertz CT molecular complexity index is 491. The van der Waals surface area contributed by atoms with Gasteiger partial charge in [-0.3, -0.25) is 9.48 Å². The summed E-state index contributed by atoms with van der Waals surface area (Å²) < 4.78 is 1.87. The van der Waals surface area contributed by atoms with Crippen LogP contribution in [0.5, 0.6) is 0 Å². The van der Waals surface area contributed by atoms with Gasteiger partial charge in [0.25, 0.3) is 0 Å². The summed E-state index contributed by atoms with van der Waals surface area (Å²) in [6.07, 6.45) is 3.43. The molecule has 0 saturated heterocycles. The van der Waals surface area contributed by atoms with Gasteiger partial charge < -0.3 is 10.2 Å². The molecule has 0 unspecified atom stereocenters. The number of rotatable bonds is 8. The lowest BCUT2D eigenvalue weighted by atomic mass is 10.2. The SMILES string of the molecule is CCCNCc1c(C)nn(CC(=O)N(CC)C2CC2)c1C. The molecule has 1 aliphatic rings. The van der Waals surface area contributed by atoms with E-state index in [1.54, 1.807) is 0 Å². The minimum Gasteiger partial charge on any atom is -0.338 e. The minimum absolute atomic E-state index is 0.193. The van der Waals surface area contributed by atoms with Crippen LogP contribution >= 0.6 is 0 Å². The number of aryl methyl sites for hydroxylation is 1. The molecule has 1 N–H and O–H groups in total. The second-order valence-electron chi connectivity index (χ2n) is 5.89. The Morgan fingerprint density at radius 1 is 1.38 bits per heavy atom. The van der Waals surface area contributed by atoms with E-state index < -0.39 is 0 Å². The lowest BCUT2D eigenvalue weighted by molar-refractivity contribution is -0.132. The van der Waals surface area contributed by atoms with E-state index in [9.17, 15) is 4.79 Å². The fraction of sp³-hybridized carbons (Fsp3) is 0.750. The second-order valence-corrected chi connectivity index (χ2v) is 5.89. The van der Waals surface area contributed by atoms with E-state index in [4.69, 9.17) is 0 Å². The second kappa shape index (κ2) is 7.07. The third kappa shape index (κ3) is 3.84. The number of hydrogen-bond donors (Lipinski definition) is 1. The Morgan fingerprint density at radius 3 is 2.67 bits per heavy atom. The third-order valence-electron chi connectivity index (χ3n) is 4.19. The molecule has 0 spiro atoms. The molecular formula is C16H28N4O. The molecule has 1 saturated carbocycles. The van der Waals surface area contributed by atoms with E-state index in [1.165, 1.54) is 5.56 Å². The van der Waals surface area contributed by atoms with Crippen molar-refractivity contribution in [2.75, 3.05) is 13.1 Å². The Kier molecular flexibility index (Phi) is 5.39. The highest BCUT2D eigenvalue weighted by Crippen LogP contribution is 2.26. The van der Waals surface area contributed by atoms with Crippen molar-refractivity contribution in [3.05, 3.63) is 17.0 Å². The molecule has 0 atom stereocenters. The van der Waals surface area contributed by atoms with Gasteiger partial charge in [-0.2, -0.15) is 5.10 Å². The normalized spacial score (nSPS) is 14.5. The van der Waals surface area contributed by atoms with E-state index in [1.807, 2.05) is 16.5 Å².